The molecule has 1 aromatic carbocycles. The Kier molecular flexibility index (Phi) is 4.56. The number of aromatic nitrogens is 1. The Labute approximate surface area is 98.6 Å². The number of fused-ring (bicyclic) bond motifs is 1. The van der Waals surface area contributed by atoms with Crippen LogP contribution in [0.25, 0.3) is 10.8 Å². The fraction of sp³-hybridized carbons (Fsp3) is 0.250. The summed E-state index contributed by atoms with van der Waals surface area (Å²) in [6, 6.07) is 8.15. The SMILES string of the molecule is CC.CO[n+]1cc(Br)c2ccccc2c1. The van der Waals surface area contributed by atoms with Gasteiger partial charge in [-0.2, -0.15) is 0 Å². The first kappa shape index (κ1) is 12.0. The van der Waals surface area contributed by atoms with Gasteiger partial charge < -0.3 is 0 Å². The summed E-state index contributed by atoms with van der Waals surface area (Å²) < 4.78 is 2.71. The molecule has 0 radical (unpaired) electrons. The molecule has 0 saturated heterocycles. The first-order chi connectivity index (χ1) is 7.31. The second kappa shape index (κ2) is 5.71. The molecule has 15 heavy (non-hydrogen) atoms. The molecular weight excluding hydrogens is 254 g/mol. The van der Waals surface area contributed by atoms with Crippen LogP contribution in [0.3, 0.4) is 0 Å². The van der Waals surface area contributed by atoms with Crippen molar-refractivity contribution in [2.45, 2.75) is 13.8 Å². The molecule has 0 unspecified atom stereocenters. The Bertz CT molecular complexity index is 443. The minimum absolute atomic E-state index is 1.03. The van der Waals surface area contributed by atoms with E-state index in [9.17, 15) is 0 Å². The van der Waals surface area contributed by atoms with Gasteiger partial charge in [0.25, 0.3) is 0 Å². The molecule has 1 heterocycles. The number of halogens is 1. The van der Waals surface area contributed by atoms with Crippen LogP contribution in [0.5, 0.6) is 0 Å². The van der Waals surface area contributed by atoms with E-state index in [2.05, 4.69) is 28.1 Å². The fourth-order valence-electron chi connectivity index (χ4n) is 1.29. The first-order valence-corrected chi connectivity index (χ1v) is 5.74. The molecule has 0 saturated carbocycles. The topological polar surface area (TPSA) is 13.1 Å². The van der Waals surface area contributed by atoms with Gasteiger partial charge >= 0.3 is 0 Å². The minimum atomic E-state index is 1.03. The van der Waals surface area contributed by atoms with E-state index >= 15 is 0 Å². The molecule has 0 aliphatic carbocycles. The van der Waals surface area contributed by atoms with E-state index in [1.807, 2.05) is 38.4 Å². The lowest BCUT2D eigenvalue weighted by atomic mass is 10.2. The predicted octanol–water partition coefficient (Wildman–Crippen LogP) is 2.97. The maximum absolute atomic E-state index is 5.09. The van der Waals surface area contributed by atoms with Crippen molar-refractivity contribution >= 4 is 26.7 Å². The lowest BCUT2D eigenvalue weighted by Gasteiger charge is -1.97. The molecule has 0 fully saturated rings. The van der Waals surface area contributed by atoms with Crippen LogP contribution < -0.4 is 9.57 Å². The van der Waals surface area contributed by atoms with Gasteiger partial charge in [0.15, 0.2) is 0 Å². The Balaban J connectivity index is 0.000000531. The minimum Gasteiger partial charge on any atom is -0.275 e. The van der Waals surface area contributed by atoms with Crippen molar-refractivity contribution in [3.8, 4) is 0 Å². The maximum Gasteiger partial charge on any atom is 0.237 e. The third kappa shape index (κ3) is 2.69. The van der Waals surface area contributed by atoms with Crippen LogP contribution in [-0.2, 0) is 0 Å². The molecule has 0 bridgehead atoms. The molecule has 2 nitrogen and oxygen atoms in total. The van der Waals surface area contributed by atoms with Gasteiger partial charge in [-0.15, -0.1) is 0 Å². The van der Waals surface area contributed by atoms with E-state index < -0.39 is 0 Å². The summed E-state index contributed by atoms with van der Waals surface area (Å²) in [5.41, 5.74) is 0. The maximum atomic E-state index is 5.09. The Morgan fingerprint density at radius 3 is 2.47 bits per heavy atom. The van der Waals surface area contributed by atoms with E-state index in [0.29, 0.717) is 0 Å². The van der Waals surface area contributed by atoms with Gasteiger partial charge in [-0.1, -0.05) is 32.0 Å². The summed E-state index contributed by atoms with van der Waals surface area (Å²) in [5, 5.41) is 2.34. The van der Waals surface area contributed by atoms with Crippen molar-refractivity contribution in [1.82, 2.24) is 0 Å². The smallest absolute Gasteiger partial charge is 0.237 e. The number of hydrogen-bond acceptors (Lipinski definition) is 1. The van der Waals surface area contributed by atoms with E-state index in [1.54, 1.807) is 11.8 Å². The zero-order valence-electron chi connectivity index (χ0n) is 9.20. The van der Waals surface area contributed by atoms with E-state index in [4.69, 9.17) is 4.84 Å². The lowest BCUT2D eigenvalue weighted by molar-refractivity contribution is -0.885. The number of nitrogens with zero attached hydrogens (tertiary/aromatic N) is 1. The third-order valence-corrected chi connectivity index (χ3v) is 2.57. The zero-order chi connectivity index (χ0) is 11.3. The molecule has 80 valence electrons. The molecule has 2 rings (SSSR count). The molecule has 1 aromatic heterocycles. The molecule has 0 amide bonds. The van der Waals surface area contributed by atoms with Crippen LogP contribution in [-0.4, -0.2) is 7.11 Å². The van der Waals surface area contributed by atoms with Gasteiger partial charge in [0, 0.05) is 10.1 Å². The molecule has 0 atom stereocenters. The molecule has 0 N–H and O–H groups in total. The first-order valence-electron chi connectivity index (χ1n) is 4.95. The van der Waals surface area contributed by atoms with E-state index in [-0.39, 0.29) is 0 Å². The Morgan fingerprint density at radius 2 is 1.80 bits per heavy atom. The van der Waals surface area contributed by atoms with Crippen molar-refractivity contribution < 1.29 is 9.57 Å². The summed E-state index contributed by atoms with van der Waals surface area (Å²) in [6.07, 6.45) is 3.84. The number of rotatable bonds is 1. The van der Waals surface area contributed by atoms with Crippen LogP contribution in [0.2, 0.25) is 0 Å². The van der Waals surface area contributed by atoms with Crippen molar-refractivity contribution in [2.75, 3.05) is 7.11 Å². The van der Waals surface area contributed by atoms with Crippen molar-refractivity contribution in [2.24, 2.45) is 0 Å². The van der Waals surface area contributed by atoms with Crippen LogP contribution in [0, 0.1) is 0 Å². The van der Waals surface area contributed by atoms with E-state index in [0.717, 1.165) is 9.86 Å². The normalized spacial score (nSPS) is 9.33. The van der Waals surface area contributed by atoms with Gasteiger partial charge in [-0.3, -0.25) is 4.84 Å². The quantitative estimate of drug-likeness (QED) is 0.725. The van der Waals surface area contributed by atoms with Crippen molar-refractivity contribution in [3.05, 3.63) is 41.1 Å². The number of pyridine rings is 1. The Morgan fingerprint density at radius 1 is 1.13 bits per heavy atom. The van der Waals surface area contributed by atoms with Crippen LogP contribution >= 0.6 is 15.9 Å². The summed E-state index contributed by atoms with van der Waals surface area (Å²) in [7, 11) is 1.64. The van der Waals surface area contributed by atoms with Crippen LogP contribution in [0.15, 0.2) is 41.1 Å². The molecular formula is C12H15BrNO+. The average molecular weight is 269 g/mol. The highest BCUT2D eigenvalue weighted by atomic mass is 79.9. The molecule has 3 heteroatoms. The largest absolute Gasteiger partial charge is 0.275 e. The average Bonchev–Trinajstić information content (AvgIpc) is 2.31. The summed E-state index contributed by atoms with van der Waals surface area (Å²) in [6.45, 7) is 4.00. The van der Waals surface area contributed by atoms with Gasteiger partial charge in [0.2, 0.25) is 12.4 Å². The van der Waals surface area contributed by atoms with Crippen LogP contribution in [0.1, 0.15) is 13.8 Å². The van der Waals surface area contributed by atoms with E-state index in [1.165, 1.54) is 5.39 Å². The monoisotopic (exact) mass is 268 g/mol. The van der Waals surface area contributed by atoms with Gasteiger partial charge in [-0.25, -0.2) is 0 Å². The van der Waals surface area contributed by atoms with Crippen LogP contribution in [0.4, 0.5) is 0 Å². The van der Waals surface area contributed by atoms with Gasteiger partial charge in [0.05, 0.1) is 9.86 Å². The third-order valence-electron chi connectivity index (χ3n) is 1.94. The highest BCUT2D eigenvalue weighted by Gasteiger charge is 2.06. The second-order valence-electron chi connectivity index (χ2n) is 2.74. The predicted molar refractivity (Wildman–Crippen MR) is 65.7 cm³/mol. The lowest BCUT2D eigenvalue weighted by Crippen LogP contribution is -2.39. The van der Waals surface area contributed by atoms with Crippen molar-refractivity contribution in [1.29, 1.82) is 0 Å². The summed E-state index contributed by atoms with van der Waals surface area (Å²) in [4.78, 5) is 5.09. The second-order valence-corrected chi connectivity index (χ2v) is 3.59. The van der Waals surface area contributed by atoms with Crippen molar-refractivity contribution in [3.63, 3.8) is 0 Å². The highest BCUT2D eigenvalue weighted by Crippen LogP contribution is 2.20. The highest BCUT2D eigenvalue weighted by molar-refractivity contribution is 9.10. The Hall–Kier alpha value is -1.09. The molecule has 2 aromatic rings. The molecule has 0 aliphatic heterocycles. The molecule has 0 aliphatic rings. The standard InChI is InChI=1S/C10H9BrNO.C2H6/c1-13-12-6-8-4-2-3-5-9(8)10(11)7-12;1-2/h2-7H,1H3;1-2H3/q+1;. The zero-order valence-corrected chi connectivity index (χ0v) is 10.8. The number of benzene rings is 1. The van der Waals surface area contributed by atoms with Gasteiger partial charge in [0.1, 0.15) is 7.11 Å². The number of hydrogen-bond donors (Lipinski definition) is 0. The van der Waals surface area contributed by atoms with Gasteiger partial charge in [-0.05, 0) is 22.0 Å². The summed E-state index contributed by atoms with van der Waals surface area (Å²) in [5.74, 6) is 0. The summed E-state index contributed by atoms with van der Waals surface area (Å²) >= 11 is 3.49. The fourth-order valence-corrected chi connectivity index (χ4v) is 1.85. The molecule has 0 spiro atoms.